The Kier molecular flexibility index (Phi) is 4.51. The molecule has 1 unspecified atom stereocenters. The smallest absolute Gasteiger partial charge is 0.101 e. The van der Waals surface area contributed by atoms with Gasteiger partial charge in [0.05, 0.1) is 11.1 Å². The number of nitriles is 2. The molecule has 82 valence electrons. The van der Waals surface area contributed by atoms with Crippen LogP contribution in [0.1, 0.15) is 42.4 Å². The van der Waals surface area contributed by atoms with Gasteiger partial charge in [-0.15, -0.1) is 0 Å². The molecule has 0 fully saturated rings. The molecule has 1 aromatic carbocycles. The molecule has 0 heterocycles. The zero-order valence-corrected chi connectivity index (χ0v) is 9.27. The minimum Gasteiger partial charge on any atom is -0.396 e. The molecule has 0 saturated heterocycles. The lowest BCUT2D eigenvalue weighted by Crippen LogP contribution is -2.07. The molecule has 1 aromatic rings. The van der Waals surface area contributed by atoms with Gasteiger partial charge in [0.25, 0.3) is 0 Å². The molecule has 0 spiro atoms. The van der Waals surface area contributed by atoms with Gasteiger partial charge in [-0.2, -0.15) is 10.5 Å². The highest BCUT2D eigenvalue weighted by Gasteiger charge is 2.16. The van der Waals surface area contributed by atoms with E-state index in [9.17, 15) is 5.11 Å². The summed E-state index contributed by atoms with van der Waals surface area (Å²) in [7, 11) is 0. The van der Waals surface area contributed by atoms with Crippen molar-refractivity contribution in [2.45, 2.75) is 25.7 Å². The second-order valence-electron chi connectivity index (χ2n) is 3.66. The largest absolute Gasteiger partial charge is 0.396 e. The van der Waals surface area contributed by atoms with Crippen LogP contribution >= 0.6 is 0 Å². The summed E-state index contributed by atoms with van der Waals surface area (Å²) in [6, 6.07) is 9.26. The molecule has 0 radical (unpaired) electrons. The highest BCUT2D eigenvalue weighted by Crippen LogP contribution is 2.25. The van der Waals surface area contributed by atoms with E-state index in [2.05, 4.69) is 6.07 Å². The number of aliphatic hydroxyl groups is 1. The summed E-state index contributed by atoms with van der Waals surface area (Å²) < 4.78 is 0. The monoisotopic (exact) mass is 214 g/mol. The van der Waals surface area contributed by atoms with Crippen molar-refractivity contribution in [3.05, 3.63) is 34.9 Å². The Bertz CT molecular complexity index is 440. The summed E-state index contributed by atoms with van der Waals surface area (Å²) in [4.78, 5) is 0. The summed E-state index contributed by atoms with van der Waals surface area (Å²) in [6.07, 6.45) is 1.76. The van der Waals surface area contributed by atoms with Crippen molar-refractivity contribution in [2.75, 3.05) is 6.61 Å². The van der Waals surface area contributed by atoms with Crippen LogP contribution in [0.25, 0.3) is 0 Å². The predicted octanol–water partition coefficient (Wildman–Crippen LogP) is 2.31. The Hall–Kier alpha value is -1.84. The fourth-order valence-electron chi connectivity index (χ4n) is 1.82. The maximum Gasteiger partial charge on any atom is 0.101 e. The van der Waals surface area contributed by atoms with Crippen molar-refractivity contribution < 1.29 is 5.11 Å². The van der Waals surface area contributed by atoms with E-state index in [0.29, 0.717) is 11.1 Å². The normalized spacial score (nSPS) is 11.5. The van der Waals surface area contributed by atoms with E-state index in [0.717, 1.165) is 18.4 Å². The molecule has 3 nitrogen and oxygen atoms in total. The molecule has 0 aromatic heterocycles. The van der Waals surface area contributed by atoms with Crippen LogP contribution in [0.2, 0.25) is 0 Å². The third kappa shape index (κ3) is 2.39. The van der Waals surface area contributed by atoms with E-state index in [-0.39, 0.29) is 12.5 Å². The van der Waals surface area contributed by atoms with Gasteiger partial charge in [-0.1, -0.05) is 25.5 Å². The molecule has 3 heteroatoms. The summed E-state index contributed by atoms with van der Waals surface area (Å²) in [5.74, 6) is -0.0482. The average molecular weight is 214 g/mol. The average Bonchev–Trinajstić information content (AvgIpc) is 2.34. The fraction of sp³-hybridized carbons (Fsp3) is 0.385. The first kappa shape index (κ1) is 12.2. The molecular weight excluding hydrogens is 200 g/mol. The van der Waals surface area contributed by atoms with Crippen molar-refractivity contribution in [1.29, 1.82) is 10.5 Å². The van der Waals surface area contributed by atoms with E-state index < -0.39 is 0 Å². The van der Waals surface area contributed by atoms with Gasteiger partial charge in [0.2, 0.25) is 0 Å². The van der Waals surface area contributed by atoms with Gasteiger partial charge in [-0.3, -0.25) is 0 Å². The van der Waals surface area contributed by atoms with E-state index in [1.165, 1.54) is 0 Å². The first-order valence-electron chi connectivity index (χ1n) is 5.32. The van der Waals surface area contributed by atoms with Crippen molar-refractivity contribution >= 4 is 0 Å². The fourth-order valence-corrected chi connectivity index (χ4v) is 1.82. The van der Waals surface area contributed by atoms with Crippen molar-refractivity contribution in [3.8, 4) is 12.1 Å². The first-order valence-corrected chi connectivity index (χ1v) is 5.32. The number of hydrogen-bond donors (Lipinski definition) is 1. The van der Waals surface area contributed by atoms with Crippen LogP contribution in [0.4, 0.5) is 0 Å². The number of hydrogen-bond acceptors (Lipinski definition) is 3. The second-order valence-corrected chi connectivity index (χ2v) is 3.66. The number of benzene rings is 1. The SMILES string of the molecule is CCCC(CO)c1cccc(C#N)c1C#N. The molecule has 1 rings (SSSR count). The number of aliphatic hydroxyl groups excluding tert-OH is 1. The predicted molar refractivity (Wildman–Crippen MR) is 60.6 cm³/mol. The molecule has 0 saturated carbocycles. The van der Waals surface area contributed by atoms with Gasteiger partial charge >= 0.3 is 0 Å². The van der Waals surface area contributed by atoms with Gasteiger partial charge in [0.1, 0.15) is 12.1 Å². The van der Waals surface area contributed by atoms with Gasteiger partial charge < -0.3 is 5.11 Å². The van der Waals surface area contributed by atoms with Crippen LogP contribution in [0.5, 0.6) is 0 Å². The third-order valence-electron chi connectivity index (χ3n) is 2.63. The van der Waals surface area contributed by atoms with Crippen molar-refractivity contribution in [1.82, 2.24) is 0 Å². The van der Waals surface area contributed by atoms with Crippen LogP contribution in [0.15, 0.2) is 18.2 Å². The molecule has 0 bridgehead atoms. The number of rotatable bonds is 4. The van der Waals surface area contributed by atoms with E-state index >= 15 is 0 Å². The van der Waals surface area contributed by atoms with Gasteiger partial charge in [-0.25, -0.2) is 0 Å². The highest BCUT2D eigenvalue weighted by molar-refractivity contribution is 5.51. The van der Waals surface area contributed by atoms with E-state index in [1.807, 2.05) is 19.1 Å². The van der Waals surface area contributed by atoms with Crippen LogP contribution < -0.4 is 0 Å². The standard InChI is InChI=1S/C13H14N2O/c1-2-4-11(9-16)12-6-3-5-10(7-14)13(12)8-15/h3,5-6,11,16H,2,4,9H2,1H3. The summed E-state index contributed by atoms with van der Waals surface area (Å²) in [5.41, 5.74) is 1.57. The maximum absolute atomic E-state index is 9.30. The summed E-state index contributed by atoms with van der Waals surface area (Å²) >= 11 is 0. The Labute approximate surface area is 95.6 Å². The lowest BCUT2D eigenvalue weighted by atomic mass is 9.89. The topological polar surface area (TPSA) is 67.8 Å². The molecule has 0 aliphatic rings. The molecule has 1 N–H and O–H groups in total. The van der Waals surface area contributed by atoms with Crippen LogP contribution in [-0.4, -0.2) is 11.7 Å². The van der Waals surface area contributed by atoms with E-state index in [4.69, 9.17) is 10.5 Å². The third-order valence-corrected chi connectivity index (χ3v) is 2.63. The number of nitrogens with zero attached hydrogens (tertiary/aromatic N) is 2. The minimum absolute atomic E-state index is 0.0113. The summed E-state index contributed by atoms with van der Waals surface area (Å²) in [5, 5.41) is 27.3. The first-order chi connectivity index (χ1) is 7.78. The maximum atomic E-state index is 9.30. The Morgan fingerprint density at radius 2 is 2.06 bits per heavy atom. The van der Waals surface area contributed by atoms with Gasteiger partial charge in [0.15, 0.2) is 0 Å². The quantitative estimate of drug-likeness (QED) is 0.836. The highest BCUT2D eigenvalue weighted by atomic mass is 16.3. The van der Waals surface area contributed by atoms with Gasteiger partial charge in [0, 0.05) is 12.5 Å². The zero-order chi connectivity index (χ0) is 12.0. The van der Waals surface area contributed by atoms with Crippen molar-refractivity contribution in [2.24, 2.45) is 0 Å². The molecular formula is C13H14N2O. The van der Waals surface area contributed by atoms with Crippen molar-refractivity contribution in [3.63, 3.8) is 0 Å². The van der Waals surface area contributed by atoms with Gasteiger partial charge in [-0.05, 0) is 18.1 Å². The molecule has 16 heavy (non-hydrogen) atoms. The van der Waals surface area contributed by atoms with E-state index in [1.54, 1.807) is 12.1 Å². The molecule has 1 atom stereocenters. The molecule has 0 aliphatic heterocycles. The van der Waals surface area contributed by atoms with Crippen LogP contribution in [-0.2, 0) is 0 Å². The Morgan fingerprint density at radius 1 is 1.31 bits per heavy atom. The lowest BCUT2D eigenvalue weighted by molar-refractivity contribution is 0.258. The molecule has 0 amide bonds. The zero-order valence-electron chi connectivity index (χ0n) is 9.27. The molecule has 0 aliphatic carbocycles. The van der Waals surface area contributed by atoms with Crippen LogP contribution in [0.3, 0.4) is 0 Å². The van der Waals surface area contributed by atoms with Crippen LogP contribution in [0, 0.1) is 22.7 Å². The Balaban J connectivity index is 3.23. The minimum atomic E-state index is -0.0482. The second kappa shape index (κ2) is 5.90. The lowest BCUT2D eigenvalue weighted by Gasteiger charge is -2.15. The summed E-state index contributed by atoms with van der Waals surface area (Å²) in [6.45, 7) is 2.04. The Morgan fingerprint density at radius 3 is 2.56 bits per heavy atom.